The van der Waals surface area contributed by atoms with Gasteiger partial charge in [-0.15, -0.1) is 6.58 Å². The van der Waals surface area contributed by atoms with Crippen molar-refractivity contribution >= 4 is 6.29 Å². The topological polar surface area (TPSA) is 17.1 Å². The van der Waals surface area contributed by atoms with Crippen molar-refractivity contribution in [2.75, 3.05) is 0 Å². The lowest BCUT2D eigenvalue weighted by atomic mass is 9.81. The third-order valence-electron chi connectivity index (χ3n) is 2.58. The van der Waals surface area contributed by atoms with Gasteiger partial charge in [0.1, 0.15) is 6.29 Å². The van der Waals surface area contributed by atoms with Gasteiger partial charge < -0.3 is 4.79 Å². The summed E-state index contributed by atoms with van der Waals surface area (Å²) in [7, 11) is 0. The van der Waals surface area contributed by atoms with Gasteiger partial charge in [-0.3, -0.25) is 0 Å². The Morgan fingerprint density at radius 1 is 1.27 bits per heavy atom. The maximum atomic E-state index is 10.4. The molecular weight excluding hydrogens is 136 g/mol. The van der Waals surface area contributed by atoms with Crippen molar-refractivity contribution < 1.29 is 4.79 Å². The van der Waals surface area contributed by atoms with Crippen LogP contribution in [0.2, 0.25) is 0 Å². The second-order valence-electron chi connectivity index (χ2n) is 3.44. The van der Waals surface area contributed by atoms with Gasteiger partial charge in [0.15, 0.2) is 0 Å². The standard InChI is InChI=1S/C10H16O/c1-2-3-9-4-6-10(8-11)7-5-9/h2,8-10H,1,3-7H2. The number of rotatable bonds is 3. The molecule has 1 nitrogen and oxygen atoms in total. The quantitative estimate of drug-likeness (QED) is 0.448. The highest BCUT2D eigenvalue weighted by atomic mass is 16.1. The molecule has 62 valence electrons. The summed E-state index contributed by atoms with van der Waals surface area (Å²) in [5.41, 5.74) is 0. The Kier molecular flexibility index (Phi) is 3.34. The van der Waals surface area contributed by atoms with Gasteiger partial charge in [-0.1, -0.05) is 6.08 Å². The predicted octanol–water partition coefficient (Wildman–Crippen LogP) is 2.57. The van der Waals surface area contributed by atoms with E-state index < -0.39 is 0 Å². The van der Waals surface area contributed by atoms with Gasteiger partial charge in [-0.2, -0.15) is 0 Å². The second kappa shape index (κ2) is 4.32. The van der Waals surface area contributed by atoms with Crippen LogP contribution in [-0.4, -0.2) is 6.29 Å². The Hall–Kier alpha value is -0.590. The lowest BCUT2D eigenvalue weighted by Gasteiger charge is -2.23. The maximum absolute atomic E-state index is 10.4. The Balaban J connectivity index is 2.23. The van der Waals surface area contributed by atoms with Gasteiger partial charge in [-0.05, 0) is 38.0 Å². The first-order chi connectivity index (χ1) is 5.36. The van der Waals surface area contributed by atoms with E-state index in [1.807, 2.05) is 6.08 Å². The van der Waals surface area contributed by atoms with E-state index >= 15 is 0 Å². The summed E-state index contributed by atoms with van der Waals surface area (Å²) in [6.45, 7) is 3.72. The largest absolute Gasteiger partial charge is 0.303 e. The molecule has 0 atom stereocenters. The van der Waals surface area contributed by atoms with Crippen molar-refractivity contribution in [3.63, 3.8) is 0 Å². The van der Waals surface area contributed by atoms with Gasteiger partial charge in [-0.25, -0.2) is 0 Å². The molecule has 0 aromatic heterocycles. The highest BCUT2D eigenvalue weighted by Crippen LogP contribution is 2.29. The van der Waals surface area contributed by atoms with Gasteiger partial charge in [0.05, 0.1) is 0 Å². The highest BCUT2D eigenvalue weighted by Gasteiger charge is 2.18. The van der Waals surface area contributed by atoms with Crippen molar-refractivity contribution in [2.24, 2.45) is 11.8 Å². The molecule has 11 heavy (non-hydrogen) atoms. The zero-order valence-electron chi connectivity index (χ0n) is 6.96. The number of carbonyl (C=O) groups is 1. The molecule has 0 N–H and O–H groups in total. The SMILES string of the molecule is C=CCC1CCC(C=O)CC1. The van der Waals surface area contributed by atoms with E-state index in [2.05, 4.69) is 6.58 Å². The van der Waals surface area contributed by atoms with Crippen LogP contribution in [0.5, 0.6) is 0 Å². The van der Waals surface area contributed by atoms with Crippen LogP contribution in [0, 0.1) is 11.8 Å². The molecule has 0 spiro atoms. The minimum atomic E-state index is 0.357. The van der Waals surface area contributed by atoms with E-state index in [1.165, 1.54) is 12.8 Å². The van der Waals surface area contributed by atoms with Gasteiger partial charge >= 0.3 is 0 Å². The molecule has 1 saturated carbocycles. The molecule has 1 heteroatoms. The summed E-state index contributed by atoms with van der Waals surface area (Å²) < 4.78 is 0. The van der Waals surface area contributed by atoms with Crippen LogP contribution in [0.25, 0.3) is 0 Å². The number of hydrogen-bond acceptors (Lipinski definition) is 1. The minimum Gasteiger partial charge on any atom is -0.303 e. The van der Waals surface area contributed by atoms with Crippen LogP contribution in [0.4, 0.5) is 0 Å². The molecule has 0 aromatic carbocycles. The summed E-state index contributed by atoms with van der Waals surface area (Å²) in [5, 5.41) is 0. The second-order valence-corrected chi connectivity index (χ2v) is 3.44. The number of carbonyl (C=O) groups excluding carboxylic acids is 1. The molecule has 0 aliphatic heterocycles. The van der Waals surface area contributed by atoms with Crippen LogP contribution in [0.3, 0.4) is 0 Å². The van der Waals surface area contributed by atoms with Gasteiger partial charge in [0.25, 0.3) is 0 Å². The Morgan fingerprint density at radius 3 is 2.36 bits per heavy atom. The van der Waals surface area contributed by atoms with Crippen LogP contribution in [0.1, 0.15) is 32.1 Å². The van der Waals surface area contributed by atoms with Crippen molar-refractivity contribution in [1.29, 1.82) is 0 Å². The van der Waals surface area contributed by atoms with E-state index in [4.69, 9.17) is 0 Å². The average molecular weight is 152 g/mol. The Morgan fingerprint density at radius 2 is 1.91 bits per heavy atom. The smallest absolute Gasteiger partial charge is 0.123 e. The lowest BCUT2D eigenvalue weighted by molar-refractivity contribution is -0.112. The van der Waals surface area contributed by atoms with E-state index in [0.717, 1.165) is 31.5 Å². The minimum absolute atomic E-state index is 0.357. The Labute approximate surface area is 68.5 Å². The predicted molar refractivity (Wildman–Crippen MR) is 46.3 cm³/mol. The Bertz CT molecular complexity index is 132. The normalized spacial score (nSPS) is 31.3. The van der Waals surface area contributed by atoms with Crippen molar-refractivity contribution in [1.82, 2.24) is 0 Å². The lowest BCUT2D eigenvalue weighted by Crippen LogP contribution is -2.14. The third kappa shape index (κ3) is 2.49. The van der Waals surface area contributed by atoms with E-state index in [1.54, 1.807) is 0 Å². The molecule has 0 heterocycles. The molecule has 0 saturated heterocycles. The molecule has 0 unspecified atom stereocenters. The van der Waals surface area contributed by atoms with Gasteiger partial charge in [0.2, 0.25) is 0 Å². The molecule has 1 rings (SSSR count). The first-order valence-corrected chi connectivity index (χ1v) is 4.43. The summed E-state index contributed by atoms with van der Waals surface area (Å²) >= 11 is 0. The van der Waals surface area contributed by atoms with E-state index in [9.17, 15) is 4.79 Å². The third-order valence-corrected chi connectivity index (χ3v) is 2.58. The monoisotopic (exact) mass is 152 g/mol. The maximum Gasteiger partial charge on any atom is 0.123 e. The fourth-order valence-electron chi connectivity index (χ4n) is 1.80. The summed E-state index contributed by atoms with van der Waals surface area (Å²) in [4.78, 5) is 10.4. The van der Waals surface area contributed by atoms with E-state index in [-0.39, 0.29) is 0 Å². The molecule has 1 fully saturated rings. The molecule has 0 aromatic rings. The fraction of sp³-hybridized carbons (Fsp3) is 0.700. The van der Waals surface area contributed by atoms with Crippen LogP contribution in [0.15, 0.2) is 12.7 Å². The molecule has 1 aliphatic rings. The zero-order chi connectivity index (χ0) is 8.10. The molecule has 0 amide bonds. The molecule has 1 aliphatic carbocycles. The number of aldehydes is 1. The zero-order valence-corrected chi connectivity index (χ0v) is 6.96. The summed E-state index contributed by atoms with van der Waals surface area (Å²) in [5.74, 6) is 1.17. The van der Waals surface area contributed by atoms with Crippen LogP contribution < -0.4 is 0 Å². The number of hydrogen-bond donors (Lipinski definition) is 0. The van der Waals surface area contributed by atoms with E-state index in [0.29, 0.717) is 5.92 Å². The average Bonchev–Trinajstić information content (AvgIpc) is 2.07. The van der Waals surface area contributed by atoms with Gasteiger partial charge in [0, 0.05) is 5.92 Å². The first kappa shape index (κ1) is 8.51. The highest BCUT2D eigenvalue weighted by molar-refractivity contribution is 5.53. The van der Waals surface area contributed by atoms with Crippen molar-refractivity contribution in [3.8, 4) is 0 Å². The van der Waals surface area contributed by atoms with Crippen molar-refractivity contribution in [3.05, 3.63) is 12.7 Å². The van der Waals surface area contributed by atoms with Crippen LogP contribution in [-0.2, 0) is 4.79 Å². The summed E-state index contributed by atoms with van der Waals surface area (Å²) in [6, 6.07) is 0. The molecular formula is C10H16O. The molecule has 0 bridgehead atoms. The fourth-order valence-corrected chi connectivity index (χ4v) is 1.80. The first-order valence-electron chi connectivity index (χ1n) is 4.43. The molecule has 0 radical (unpaired) electrons. The van der Waals surface area contributed by atoms with Crippen molar-refractivity contribution in [2.45, 2.75) is 32.1 Å². The number of allylic oxidation sites excluding steroid dienone is 1. The summed E-state index contributed by atoms with van der Waals surface area (Å²) in [6.07, 6.45) is 8.87. The van der Waals surface area contributed by atoms with Crippen LogP contribution >= 0.6 is 0 Å².